The highest BCUT2D eigenvalue weighted by atomic mass is 32.2. The van der Waals surface area contributed by atoms with Gasteiger partial charge in [0.1, 0.15) is 0 Å². The lowest BCUT2D eigenvalue weighted by molar-refractivity contribution is -0.139. The highest BCUT2D eigenvalue weighted by molar-refractivity contribution is 7.91. The molecule has 9 heteroatoms. The van der Waals surface area contributed by atoms with E-state index < -0.39 is 39.3 Å². The van der Waals surface area contributed by atoms with Crippen molar-refractivity contribution in [1.82, 2.24) is 4.90 Å². The van der Waals surface area contributed by atoms with Gasteiger partial charge in [0.2, 0.25) is 5.91 Å². The topological polar surface area (TPSA) is 91.8 Å². The van der Waals surface area contributed by atoms with Crippen LogP contribution in [0, 0.1) is 17.6 Å². The zero-order valence-corrected chi connectivity index (χ0v) is 13.6. The summed E-state index contributed by atoms with van der Waals surface area (Å²) in [5.41, 5.74) is -0.0883. The number of nitrogens with zero attached hydrogens (tertiary/aromatic N) is 1. The van der Waals surface area contributed by atoms with E-state index in [2.05, 4.69) is 0 Å². The molecule has 24 heavy (non-hydrogen) atoms. The van der Waals surface area contributed by atoms with E-state index in [0.717, 1.165) is 11.0 Å². The minimum absolute atomic E-state index is 0.0883. The maximum absolute atomic E-state index is 13.8. The number of halogens is 2. The predicted octanol–water partition coefficient (Wildman–Crippen LogP) is 1.20. The monoisotopic (exact) mass is 361 g/mol. The number of amides is 1. The average Bonchev–Trinajstić information content (AvgIpc) is 2.87. The molecule has 0 spiro atoms. The third-order valence-corrected chi connectivity index (χ3v) is 5.65. The van der Waals surface area contributed by atoms with Gasteiger partial charge >= 0.3 is 5.97 Å². The van der Waals surface area contributed by atoms with Crippen LogP contribution >= 0.6 is 0 Å². The molecular formula is C15H17F2NO5S. The minimum Gasteiger partial charge on any atom is -0.481 e. The van der Waals surface area contributed by atoms with Crippen molar-refractivity contribution < 1.29 is 31.9 Å². The molecule has 1 amide bonds. The Morgan fingerprint density at radius 1 is 1.29 bits per heavy atom. The maximum atomic E-state index is 13.8. The molecule has 1 aromatic carbocycles. The first kappa shape index (κ1) is 18.3. The standard InChI is InChI=1S/C15H17F2NO5S/c16-12-3-1-2-10(14(12)17)8-18(6-4-13(19)20)15(21)11-5-7-24(22,23)9-11/h1-3,11H,4-9H2,(H,19,20)/t11-/m0/s1. The van der Waals surface area contributed by atoms with Gasteiger partial charge in [-0.1, -0.05) is 12.1 Å². The molecule has 0 aliphatic carbocycles. The van der Waals surface area contributed by atoms with Gasteiger partial charge in [0.05, 0.1) is 23.8 Å². The SMILES string of the molecule is O=C(O)CCN(Cc1cccc(F)c1F)C(=O)[C@H]1CCS(=O)(=O)C1. The van der Waals surface area contributed by atoms with Crippen molar-refractivity contribution >= 4 is 21.7 Å². The second-order valence-electron chi connectivity index (χ2n) is 5.72. The van der Waals surface area contributed by atoms with Gasteiger partial charge in [0.25, 0.3) is 0 Å². The molecule has 0 aromatic heterocycles. The Bertz CT molecular complexity index is 750. The zero-order chi connectivity index (χ0) is 17.9. The number of hydrogen-bond donors (Lipinski definition) is 1. The minimum atomic E-state index is -3.29. The van der Waals surface area contributed by atoms with Crippen molar-refractivity contribution in [2.75, 3.05) is 18.1 Å². The van der Waals surface area contributed by atoms with Crippen molar-refractivity contribution in [3.8, 4) is 0 Å². The maximum Gasteiger partial charge on any atom is 0.305 e. The van der Waals surface area contributed by atoms with E-state index in [4.69, 9.17) is 5.11 Å². The van der Waals surface area contributed by atoms with Crippen LogP contribution in [-0.2, 0) is 26.0 Å². The van der Waals surface area contributed by atoms with Crippen molar-refractivity contribution in [3.63, 3.8) is 0 Å². The van der Waals surface area contributed by atoms with Gasteiger partial charge < -0.3 is 10.0 Å². The second-order valence-corrected chi connectivity index (χ2v) is 7.95. The summed E-state index contributed by atoms with van der Waals surface area (Å²) in [6.45, 7) is -0.521. The van der Waals surface area contributed by atoms with Crippen molar-refractivity contribution in [3.05, 3.63) is 35.4 Å². The molecule has 1 N–H and O–H groups in total. The summed E-state index contributed by atoms with van der Waals surface area (Å²) >= 11 is 0. The smallest absolute Gasteiger partial charge is 0.305 e. The predicted molar refractivity (Wildman–Crippen MR) is 80.8 cm³/mol. The van der Waals surface area contributed by atoms with E-state index in [9.17, 15) is 26.8 Å². The Kier molecular flexibility index (Phi) is 5.53. The van der Waals surface area contributed by atoms with Crippen molar-refractivity contribution in [2.24, 2.45) is 5.92 Å². The van der Waals surface area contributed by atoms with Gasteiger partial charge in [0, 0.05) is 18.7 Å². The number of carboxylic acids is 1. The molecule has 1 aliphatic rings. The Balaban J connectivity index is 2.19. The van der Waals surface area contributed by atoms with E-state index >= 15 is 0 Å². The first-order chi connectivity index (χ1) is 11.2. The Hall–Kier alpha value is -2.03. The number of sulfone groups is 1. The van der Waals surface area contributed by atoms with Gasteiger partial charge in [0.15, 0.2) is 21.5 Å². The van der Waals surface area contributed by atoms with Crippen LogP contribution in [0.5, 0.6) is 0 Å². The lowest BCUT2D eigenvalue weighted by atomic mass is 10.1. The number of carbonyl (C=O) groups excluding carboxylic acids is 1. The van der Waals surface area contributed by atoms with Gasteiger partial charge in [-0.25, -0.2) is 17.2 Å². The van der Waals surface area contributed by atoms with Crippen LogP contribution in [0.15, 0.2) is 18.2 Å². The highest BCUT2D eigenvalue weighted by Gasteiger charge is 2.35. The molecule has 6 nitrogen and oxygen atoms in total. The Labute approximate surface area is 138 Å². The van der Waals surface area contributed by atoms with Crippen LogP contribution in [0.25, 0.3) is 0 Å². The first-order valence-corrected chi connectivity index (χ1v) is 9.15. The summed E-state index contributed by atoms with van der Waals surface area (Å²) in [5, 5.41) is 8.79. The molecule has 1 aromatic rings. The third-order valence-electron chi connectivity index (χ3n) is 3.88. The second kappa shape index (κ2) is 7.25. The van der Waals surface area contributed by atoms with Crippen LogP contribution in [0.1, 0.15) is 18.4 Å². The fourth-order valence-electron chi connectivity index (χ4n) is 2.62. The number of carbonyl (C=O) groups is 2. The molecule has 2 rings (SSSR count). The Morgan fingerprint density at radius 2 is 2.00 bits per heavy atom. The lowest BCUT2D eigenvalue weighted by Gasteiger charge is -2.25. The summed E-state index contributed by atoms with van der Waals surface area (Å²) in [5.74, 6) is -5.06. The number of hydrogen-bond acceptors (Lipinski definition) is 4. The van der Waals surface area contributed by atoms with Gasteiger partial charge in [-0.15, -0.1) is 0 Å². The molecule has 0 saturated carbocycles. The lowest BCUT2D eigenvalue weighted by Crippen LogP contribution is -2.38. The molecular weight excluding hydrogens is 344 g/mol. The number of rotatable bonds is 6. The summed E-state index contributed by atoms with van der Waals surface area (Å²) in [6, 6.07) is 3.52. The zero-order valence-electron chi connectivity index (χ0n) is 12.7. The number of carboxylic acid groups (broad SMARTS) is 1. The molecule has 132 valence electrons. The number of benzene rings is 1. The highest BCUT2D eigenvalue weighted by Crippen LogP contribution is 2.23. The summed E-state index contributed by atoms with van der Waals surface area (Å²) in [4.78, 5) is 24.3. The van der Waals surface area contributed by atoms with E-state index in [1.54, 1.807) is 0 Å². The largest absolute Gasteiger partial charge is 0.481 e. The van der Waals surface area contributed by atoms with Crippen LogP contribution < -0.4 is 0 Å². The van der Waals surface area contributed by atoms with Crippen LogP contribution in [0.3, 0.4) is 0 Å². The van der Waals surface area contributed by atoms with Gasteiger partial charge in [-0.05, 0) is 12.5 Å². The Morgan fingerprint density at radius 3 is 2.58 bits per heavy atom. The van der Waals surface area contributed by atoms with E-state index in [0.29, 0.717) is 0 Å². The molecule has 1 heterocycles. The number of aliphatic carboxylic acids is 1. The summed E-state index contributed by atoms with van der Waals surface area (Å²) < 4.78 is 50.1. The average molecular weight is 361 g/mol. The quantitative estimate of drug-likeness (QED) is 0.822. The van der Waals surface area contributed by atoms with E-state index in [1.807, 2.05) is 0 Å². The molecule has 1 saturated heterocycles. The van der Waals surface area contributed by atoms with Gasteiger partial charge in [-0.2, -0.15) is 0 Å². The molecule has 0 unspecified atom stereocenters. The first-order valence-electron chi connectivity index (χ1n) is 7.33. The van der Waals surface area contributed by atoms with Crippen LogP contribution in [0.2, 0.25) is 0 Å². The molecule has 0 radical (unpaired) electrons. The fourth-order valence-corrected chi connectivity index (χ4v) is 4.35. The molecule has 1 atom stereocenters. The van der Waals surface area contributed by atoms with E-state index in [1.165, 1.54) is 12.1 Å². The summed E-state index contributed by atoms with van der Waals surface area (Å²) in [6.07, 6.45) is -0.224. The van der Waals surface area contributed by atoms with Gasteiger partial charge in [-0.3, -0.25) is 9.59 Å². The third kappa shape index (κ3) is 4.50. The molecule has 0 bridgehead atoms. The van der Waals surface area contributed by atoms with Crippen LogP contribution in [0.4, 0.5) is 8.78 Å². The van der Waals surface area contributed by atoms with Crippen LogP contribution in [-0.4, -0.2) is 48.4 Å². The van der Waals surface area contributed by atoms with Crippen molar-refractivity contribution in [2.45, 2.75) is 19.4 Å². The molecule has 1 aliphatic heterocycles. The summed E-state index contributed by atoms with van der Waals surface area (Å²) in [7, 11) is -3.29. The van der Waals surface area contributed by atoms with Crippen molar-refractivity contribution in [1.29, 1.82) is 0 Å². The normalized spacial score (nSPS) is 19.2. The molecule has 1 fully saturated rings. The van der Waals surface area contributed by atoms with E-state index in [-0.39, 0.29) is 43.0 Å². The fraction of sp³-hybridized carbons (Fsp3) is 0.467.